The van der Waals surface area contributed by atoms with Crippen LogP contribution in [0.25, 0.3) is 11.1 Å². The van der Waals surface area contributed by atoms with E-state index < -0.39 is 0 Å². The van der Waals surface area contributed by atoms with Gasteiger partial charge in [-0.25, -0.2) is 0 Å². The molecule has 0 bridgehead atoms. The van der Waals surface area contributed by atoms with E-state index in [4.69, 9.17) is 58.0 Å². The Morgan fingerprint density at radius 1 is 0.895 bits per heavy atom. The van der Waals surface area contributed by atoms with Crippen LogP contribution >= 0.6 is 58.0 Å². The lowest BCUT2D eigenvalue weighted by Crippen LogP contribution is -2.08. The average Bonchev–Trinajstić information content (AvgIpc) is 2.38. The summed E-state index contributed by atoms with van der Waals surface area (Å²) in [5.41, 5.74) is 1.36. The molecule has 1 N–H and O–H groups in total. The van der Waals surface area contributed by atoms with E-state index in [1.54, 1.807) is 13.0 Å². The lowest BCUT2D eigenvalue weighted by molar-refractivity contribution is 1.18. The third-order valence-electron chi connectivity index (χ3n) is 2.59. The second-order valence-corrected chi connectivity index (χ2v) is 5.74. The molecule has 0 aliphatic rings. The molecule has 0 radical (unpaired) electrons. The van der Waals surface area contributed by atoms with Crippen LogP contribution in [0.15, 0.2) is 17.1 Å². The lowest BCUT2D eigenvalue weighted by Gasteiger charge is -2.12. The molecule has 0 aliphatic carbocycles. The van der Waals surface area contributed by atoms with E-state index in [0.29, 0.717) is 16.7 Å². The molecule has 1 aromatic carbocycles. The third kappa shape index (κ3) is 2.61. The molecule has 0 fully saturated rings. The van der Waals surface area contributed by atoms with Gasteiger partial charge < -0.3 is 4.98 Å². The zero-order chi connectivity index (χ0) is 14.3. The number of halogens is 5. The molecule has 1 heterocycles. The van der Waals surface area contributed by atoms with Crippen LogP contribution in [0.4, 0.5) is 0 Å². The van der Waals surface area contributed by atoms with Crippen molar-refractivity contribution < 1.29 is 0 Å². The van der Waals surface area contributed by atoms with Gasteiger partial charge in [-0.05, 0) is 13.0 Å². The number of H-pyrrole nitrogens is 1. The molecule has 100 valence electrons. The van der Waals surface area contributed by atoms with Crippen molar-refractivity contribution in [3.8, 4) is 11.1 Å². The van der Waals surface area contributed by atoms with Crippen molar-refractivity contribution >= 4 is 58.0 Å². The summed E-state index contributed by atoms with van der Waals surface area (Å²) in [5, 5.41) is 0.719. The third-order valence-corrected chi connectivity index (χ3v) is 4.86. The van der Waals surface area contributed by atoms with Crippen LogP contribution in [0.1, 0.15) is 5.56 Å². The number of aryl methyl sites for hydroxylation is 1. The normalized spacial score (nSPS) is 10.8. The van der Waals surface area contributed by atoms with Gasteiger partial charge in [-0.1, -0.05) is 58.0 Å². The predicted molar refractivity (Wildman–Crippen MR) is 82.3 cm³/mol. The fourth-order valence-corrected chi connectivity index (χ4v) is 2.96. The van der Waals surface area contributed by atoms with E-state index in [1.165, 1.54) is 6.20 Å². The smallest absolute Gasteiger partial charge is 0.250 e. The first-order valence-corrected chi connectivity index (χ1v) is 6.94. The van der Waals surface area contributed by atoms with Gasteiger partial charge in [-0.15, -0.1) is 0 Å². The first-order chi connectivity index (χ1) is 8.84. The Labute approximate surface area is 134 Å². The second-order valence-electron chi connectivity index (χ2n) is 3.85. The van der Waals surface area contributed by atoms with Crippen LogP contribution in [-0.4, -0.2) is 4.98 Å². The van der Waals surface area contributed by atoms with Crippen molar-refractivity contribution in [1.29, 1.82) is 0 Å². The number of pyridine rings is 1. The minimum atomic E-state index is -0.192. The van der Waals surface area contributed by atoms with Crippen molar-refractivity contribution in [3.05, 3.63) is 53.3 Å². The summed E-state index contributed by atoms with van der Waals surface area (Å²) < 4.78 is 0. The average molecular weight is 357 g/mol. The van der Waals surface area contributed by atoms with Gasteiger partial charge in [-0.3, -0.25) is 4.79 Å². The highest BCUT2D eigenvalue weighted by Crippen LogP contribution is 2.47. The number of benzene rings is 1. The number of nitrogens with one attached hydrogen (secondary N) is 1. The standard InChI is InChI=1S/C12H6Cl5NO/c1-4-2-5(3-18-12(4)19)6-7(13)9(15)11(17)10(16)8(6)14/h2-3H,1H3,(H,18,19). The number of hydrogen-bond acceptors (Lipinski definition) is 1. The van der Waals surface area contributed by atoms with Crippen LogP contribution in [0.2, 0.25) is 25.1 Å². The van der Waals surface area contributed by atoms with Gasteiger partial charge in [0, 0.05) is 22.9 Å². The quantitative estimate of drug-likeness (QED) is 0.522. The second kappa shape index (κ2) is 5.55. The molecule has 7 heteroatoms. The van der Waals surface area contributed by atoms with Gasteiger partial charge >= 0.3 is 0 Å². The maximum Gasteiger partial charge on any atom is 0.250 e. The van der Waals surface area contributed by atoms with Crippen molar-refractivity contribution in [3.63, 3.8) is 0 Å². The summed E-state index contributed by atoms with van der Waals surface area (Å²) in [7, 11) is 0. The Balaban J connectivity index is 2.82. The lowest BCUT2D eigenvalue weighted by atomic mass is 10.1. The van der Waals surface area contributed by atoms with E-state index in [0.717, 1.165) is 0 Å². The number of aromatic amines is 1. The highest BCUT2D eigenvalue weighted by molar-refractivity contribution is 6.56. The van der Waals surface area contributed by atoms with Gasteiger partial charge in [0.2, 0.25) is 0 Å². The van der Waals surface area contributed by atoms with Gasteiger partial charge in [0.25, 0.3) is 5.56 Å². The highest BCUT2D eigenvalue weighted by atomic mass is 35.5. The van der Waals surface area contributed by atoms with E-state index in [2.05, 4.69) is 4.98 Å². The van der Waals surface area contributed by atoms with Crippen molar-refractivity contribution in [2.24, 2.45) is 0 Å². The largest absolute Gasteiger partial charge is 0.328 e. The van der Waals surface area contributed by atoms with E-state index in [-0.39, 0.29) is 30.7 Å². The Kier molecular flexibility index (Phi) is 4.38. The van der Waals surface area contributed by atoms with Crippen molar-refractivity contribution in [2.45, 2.75) is 6.92 Å². The van der Waals surface area contributed by atoms with E-state index >= 15 is 0 Å². The minimum absolute atomic E-state index is 0.100. The van der Waals surface area contributed by atoms with Crippen molar-refractivity contribution in [2.75, 3.05) is 0 Å². The Morgan fingerprint density at radius 3 is 1.84 bits per heavy atom. The molecular weight excluding hydrogens is 351 g/mol. The van der Waals surface area contributed by atoms with Gasteiger partial charge in [-0.2, -0.15) is 0 Å². The van der Waals surface area contributed by atoms with Crippen LogP contribution in [0.3, 0.4) is 0 Å². The molecule has 0 saturated carbocycles. The van der Waals surface area contributed by atoms with Crippen LogP contribution in [-0.2, 0) is 0 Å². The monoisotopic (exact) mass is 355 g/mol. The van der Waals surface area contributed by atoms with Crippen molar-refractivity contribution in [1.82, 2.24) is 4.98 Å². The Morgan fingerprint density at radius 2 is 1.37 bits per heavy atom. The fourth-order valence-electron chi connectivity index (χ4n) is 1.60. The number of aromatic nitrogens is 1. The molecule has 2 rings (SSSR count). The van der Waals surface area contributed by atoms with Crippen LogP contribution in [0.5, 0.6) is 0 Å². The first-order valence-electron chi connectivity index (χ1n) is 5.05. The summed E-state index contributed by atoms with van der Waals surface area (Å²) in [6.07, 6.45) is 1.49. The molecule has 1 aromatic heterocycles. The number of hydrogen-bond donors (Lipinski definition) is 1. The van der Waals surface area contributed by atoms with E-state index in [9.17, 15) is 4.79 Å². The molecule has 2 aromatic rings. The predicted octanol–water partition coefficient (Wildman–Crippen LogP) is 5.62. The van der Waals surface area contributed by atoms with Gasteiger partial charge in [0.15, 0.2) is 0 Å². The molecule has 0 aliphatic heterocycles. The fraction of sp³-hybridized carbons (Fsp3) is 0.0833. The minimum Gasteiger partial charge on any atom is -0.328 e. The molecule has 0 amide bonds. The van der Waals surface area contributed by atoms with Crippen LogP contribution in [0, 0.1) is 6.92 Å². The summed E-state index contributed by atoms with van der Waals surface area (Å²) >= 11 is 30.2. The van der Waals surface area contributed by atoms with Gasteiger partial charge in [0.05, 0.1) is 25.1 Å². The molecule has 0 unspecified atom stereocenters. The van der Waals surface area contributed by atoms with Gasteiger partial charge in [0.1, 0.15) is 0 Å². The molecule has 0 atom stereocenters. The molecule has 2 nitrogen and oxygen atoms in total. The first kappa shape index (κ1) is 15.0. The van der Waals surface area contributed by atoms with Crippen LogP contribution < -0.4 is 5.56 Å². The molecule has 19 heavy (non-hydrogen) atoms. The van der Waals surface area contributed by atoms with E-state index in [1.807, 2.05) is 0 Å². The topological polar surface area (TPSA) is 32.9 Å². The maximum absolute atomic E-state index is 11.4. The summed E-state index contributed by atoms with van der Waals surface area (Å²) in [4.78, 5) is 13.9. The number of rotatable bonds is 1. The zero-order valence-electron chi connectivity index (χ0n) is 9.45. The maximum atomic E-state index is 11.4. The summed E-state index contributed by atoms with van der Waals surface area (Å²) in [6.45, 7) is 1.67. The Bertz CT molecular complexity index is 694. The SMILES string of the molecule is Cc1cc(-c2c(Cl)c(Cl)c(Cl)c(Cl)c2Cl)c[nH]c1=O. The molecular formula is C12H6Cl5NO. The Hall–Kier alpha value is -0.380. The zero-order valence-corrected chi connectivity index (χ0v) is 13.2. The summed E-state index contributed by atoms with van der Waals surface area (Å²) in [6, 6.07) is 1.65. The summed E-state index contributed by atoms with van der Waals surface area (Å²) in [5.74, 6) is 0. The molecule has 0 saturated heterocycles. The highest BCUT2D eigenvalue weighted by Gasteiger charge is 2.20. The molecule has 0 spiro atoms.